The third-order valence-electron chi connectivity index (χ3n) is 2.71. The molecule has 6 heteroatoms. The summed E-state index contributed by atoms with van der Waals surface area (Å²) in [7, 11) is 3.40. The zero-order valence-corrected chi connectivity index (χ0v) is 12.3. The van der Waals surface area contributed by atoms with Crippen molar-refractivity contribution in [2.24, 2.45) is 0 Å². The average Bonchev–Trinajstić information content (AvgIpc) is 2.42. The molecule has 6 nitrogen and oxygen atoms in total. The number of hydrogen-bond donors (Lipinski definition) is 1. The van der Waals surface area contributed by atoms with Crippen molar-refractivity contribution in [3.63, 3.8) is 0 Å². The lowest BCUT2D eigenvalue weighted by Crippen LogP contribution is -2.32. The summed E-state index contributed by atoms with van der Waals surface area (Å²) in [5.74, 6) is 1.59. The maximum absolute atomic E-state index is 5.15. The first-order chi connectivity index (χ1) is 9.22. The number of rotatable bonds is 9. The second-order valence-electron chi connectivity index (χ2n) is 4.20. The summed E-state index contributed by atoms with van der Waals surface area (Å²) in [5.41, 5.74) is 1.05. The van der Waals surface area contributed by atoms with E-state index < -0.39 is 0 Å². The van der Waals surface area contributed by atoms with Gasteiger partial charge in [-0.1, -0.05) is 0 Å². The third kappa shape index (κ3) is 5.00. The minimum absolute atomic E-state index is 0.655. The zero-order valence-electron chi connectivity index (χ0n) is 12.3. The molecule has 0 saturated heterocycles. The van der Waals surface area contributed by atoms with Gasteiger partial charge in [0.15, 0.2) is 0 Å². The molecule has 0 unspecified atom stereocenters. The van der Waals surface area contributed by atoms with E-state index in [-0.39, 0.29) is 0 Å². The monoisotopic (exact) mass is 268 g/mol. The van der Waals surface area contributed by atoms with Crippen molar-refractivity contribution in [1.29, 1.82) is 0 Å². The smallest absolute Gasteiger partial charge is 0.224 e. The first-order valence-corrected chi connectivity index (χ1v) is 6.53. The van der Waals surface area contributed by atoms with Crippen LogP contribution in [0, 0.1) is 6.92 Å². The maximum Gasteiger partial charge on any atom is 0.224 e. The van der Waals surface area contributed by atoms with Crippen molar-refractivity contribution in [2.75, 3.05) is 57.3 Å². The molecule has 0 aliphatic carbocycles. The first-order valence-electron chi connectivity index (χ1n) is 6.53. The Balaban J connectivity index is 2.87. The Hall–Kier alpha value is -1.40. The third-order valence-corrected chi connectivity index (χ3v) is 2.71. The van der Waals surface area contributed by atoms with Crippen LogP contribution >= 0.6 is 0 Å². The Labute approximate surface area is 115 Å². The molecule has 1 heterocycles. The Kier molecular flexibility index (Phi) is 7.14. The average molecular weight is 268 g/mol. The summed E-state index contributed by atoms with van der Waals surface area (Å²) in [6.45, 7) is 7.72. The van der Waals surface area contributed by atoms with Crippen LogP contribution in [0.3, 0.4) is 0 Å². The van der Waals surface area contributed by atoms with Crippen molar-refractivity contribution >= 4 is 11.8 Å². The molecule has 0 radical (unpaired) electrons. The fraction of sp³-hybridized carbons (Fsp3) is 0.692. The quantitative estimate of drug-likeness (QED) is 0.729. The van der Waals surface area contributed by atoms with Crippen LogP contribution in [-0.2, 0) is 9.47 Å². The summed E-state index contributed by atoms with van der Waals surface area (Å²) in [6, 6.07) is 0. The van der Waals surface area contributed by atoms with E-state index >= 15 is 0 Å². The second kappa shape index (κ2) is 8.66. The van der Waals surface area contributed by atoms with Crippen LogP contribution in [0.15, 0.2) is 6.20 Å². The molecule has 0 bridgehead atoms. The number of aromatic nitrogens is 2. The van der Waals surface area contributed by atoms with Gasteiger partial charge in [0, 0.05) is 45.6 Å². The topological polar surface area (TPSA) is 59.5 Å². The van der Waals surface area contributed by atoms with E-state index in [1.165, 1.54) is 0 Å². The van der Waals surface area contributed by atoms with Crippen LogP contribution in [0.25, 0.3) is 0 Å². The van der Waals surface area contributed by atoms with Gasteiger partial charge < -0.3 is 19.7 Å². The van der Waals surface area contributed by atoms with Crippen molar-refractivity contribution in [1.82, 2.24) is 9.97 Å². The lowest BCUT2D eigenvalue weighted by molar-refractivity contribution is 0.190. The summed E-state index contributed by atoms with van der Waals surface area (Å²) in [5, 5.41) is 3.13. The van der Waals surface area contributed by atoms with Crippen molar-refractivity contribution in [3.05, 3.63) is 11.8 Å². The van der Waals surface area contributed by atoms with Crippen LogP contribution in [0.1, 0.15) is 12.5 Å². The Morgan fingerprint density at radius 1 is 1.21 bits per heavy atom. The molecule has 0 spiro atoms. The number of methoxy groups -OCH3 is 2. The van der Waals surface area contributed by atoms with Crippen LogP contribution < -0.4 is 10.2 Å². The van der Waals surface area contributed by atoms with E-state index in [0.29, 0.717) is 19.2 Å². The van der Waals surface area contributed by atoms with Crippen LogP contribution in [0.4, 0.5) is 11.8 Å². The molecule has 0 aliphatic rings. The normalized spacial score (nSPS) is 10.5. The summed E-state index contributed by atoms with van der Waals surface area (Å²) < 4.78 is 10.3. The standard InChI is InChI=1S/C13H24N4O2/c1-5-14-13-15-10-11(2)12(16-13)17(6-8-18-3)7-9-19-4/h10H,5-9H2,1-4H3,(H,14,15,16). The maximum atomic E-state index is 5.15. The predicted molar refractivity (Wildman–Crippen MR) is 76.9 cm³/mol. The Bertz CT molecular complexity index is 366. The Morgan fingerprint density at radius 2 is 1.84 bits per heavy atom. The number of ether oxygens (including phenoxy) is 2. The first kappa shape index (κ1) is 15.7. The SMILES string of the molecule is CCNc1ncc(C)c(N(CCOC)CCOC)n1. The molecule has 0 saturated carbocycles. The lowest BCUT2D eigenvalue weighted by atomic mass is 10.3. The highest BCUT2D eigenvalue weighted by Gasteiger charge is 2.12. The molecule has 19 heavy (non-hydrogen) atoms. The molecule has 1 aromatic heterocycles. The van der Waals surface area contributed by atoms with Gasteiger partial charge in [-0.2, -0.15) is 4.98 Å². The van der Waals surface area contributed by atoms with E-state index in [1.54, 1.807) is 14.2 Å². The number of anilines is 2. The Morgan fingerprint density at radius 3 is 2.37 bits per heavy atom. The lowest BCUT2D eigenvalue weighted by Gasteiger charge is -2.24. The van der Waals surface area contributed by atoms with Gasteiger partial charge in [-0.3, -0.25) is 0 Å². The molecular weight excluding hydrogens is 244 g/mol. The molecule has 1 aromatic rings. The number of aryl methyl sites for hydroxylation is 1. The molecule has 0 aliphatic heterocycles. The summed E-state index contributed by atoms with van der Waals surface area (Å²) in [6.07, 6.45) is 1.84. The number of nitrogens with zero attached hydrogens (tertiary/aromatic N) is 3. The van der Waals surface area contributed by atoms with Gasteiger partial charge in [0.2, 0.25) is 5.95 Å². The van der Waals surface area contributed by atoms with Crippen LogP contribution in [0.2, 0.25) is 0 Å². The van der Waals surface area contributed by atoms with Crippen molar-refractivity contribution in [3.8, 4) is 0 Å². The highest BCUT2D eigenvalue weighted by molar-refractivity contribution is 5.49. The molecule has 0 atom stereocenters. The number of hydrogen-bond acceptors (Lipinski definition) is 6. The van der Waals surface area contributed by atoms with E-state index in [4.69, 9.17) is 9.47 Å². The van der Waals surface area contributed by atoms with E-state index in [0.717, 1.165) is 31.0 Å². The zero-order chi connectivity index (χ0) is 14.1. The van der Waals surface area contributed by atoms with Crippen LogP contribution in [0.5, 0.6) is 0 Å². The highest BCUT2D eigenvalue weighted by atomic mass is 16.5. The van der Waals surface area contributed by atoms with Crippen LogP contribution in [-0.4, -0.2) is 57.0 Å². The van der Waals surface area contributed by atoms with E-state index in [9.17, 15) is 0 Å². The molecule has 108 valence electrons. The van der Waals surface area contributed by atoms with Gasteiger partial charge in [-0.15, -0.1) is 0 Å². The van der Waals surface area contributed by atoms with E-state index in [2.05, 4.69) is 20.2 Å². The predicted octanol–water partition coefficient (Wildman–Crippen LogP) is 1.32. The molecule has 1 N–H and O–H groups in total. The summed E-state index contributed by atoms with van der Waals surface area (Å²) >= 11 is 0. The molecule has 0 amide bonds. The fourth-order valence-electron chi connectivity index (χ4n) is 1.72. The largest absolute Gasteiger partial charge is 0.383 e. The molecular formula is C13H24N4O2. The van der Waals surface area contributed by atoms with Gasteiger partial charge in [-0.25, -0.2) is 4.98 Å². The second-order valence-corrected chi connectivity index (χ2v) is 4.20. The minimum Gasteiger partial charge on any atom is -0.383 e. The molecule has 0 aromatic carbocycles. The minimum atomic E-state index is 0.655. The fourth-order valence-corrected chi connectivity index (χ4v) is 1.72. The molecule has 0 fully saturated rings. The molecule has 1 rings (SSSR count). The van der Waals surface area contributed by atoms with Crippen molar-refractivity contribution < 1.29 is 9.47 Å². The highest BCUT2D eigenvalue weighted by Crippen LogP contribution is 2.17. The summed E-state index contributed by atoms with van der Waals surface area (Å²) in [4.78, 5) is 11.0. The van der Waals surface area contributed by atoms with E-state index in [1.807, 2.05) is 20.0 Å². The van der Waals surface area contributed by atoms with Gasteiger partial charge in [-0.05, 0) is 13.8 Å². The van der Waals surface area contributed by atoms with Gasteiger partial charge >= 0.3 is 0 Å². The number of nitrogens with one attached hydrogen (secondary N) is 1. The van der Waals surface area contributed by atoms with Crippen molar-refractivity contribution in [2.45, 2.75) is 13.8 Å². The van der Waals surface area contributed by atoms with Gasteiger partial charge in [0.25, 0.3) is 0 Å². The van der Waals surface area contributed by atoms with Gasteiger partial charge in [0.05, 0.1) is 13.2 Å². The van der Waals surface area contributed by atoms with Gasteiger partial charge in [0.1, 0.15) is 5.82 Å².